The fourth-order valence-electron chi connectivity index (χ4n) is 2.84. The van der Waals surface area contributed by atoms with Crippen molar-refractivity contribution in [3.8, 4) is 6.07 Å². The number of nitrogen functional groups attached to an aromatic ring is 1. The van der Waals surface area contributed by atoms with Crippen LogP contribution in [0.3, 0.4) is 0 Å². The van der Waals surface area contributed by atoms with Crippen LogP contribution in [0.25, 0.3) is 5.52 Å². The zero-order valence-electron chi connectivity index (χ0n) is 10.2. The summed E-state index contributed by atoms with van der Waals surface area (Å²) in [7, 11) is 0. The summed E-state index contributed by atoms with van der Waals surface area (Å²) >= 11 is 6.37. The van der Waals surface area contributed by atoms with Crippen LogP contribution in [0.5, 0.6) is 0 Å². The first-order valence-corrected chi connectivity index (χ1v) is 6.25. The van der Waals surface area contributed by atoms with Gasteiger partial charge in [-0.15, -0.1) is 16.7 Å². The molecule has 4 nitrogen and oxygen atoms in total. The quantitative estimate of drug-likeness (QED) is 0.741. The fourth-order valence-corrected chi connectivity index (χ4v) is 3.40. The molecular weight excluding hydrogens is 248 g/mol. The Morgan fingerprint density at radius 3 is 2.94 bits per heavy atom. The first kappa shape index (κ1) is 11.4. The molecule has 2 N–H and O–H groups in total. The lowest BCUT2D eigenvalue weighted by Gasteiger charge is -2.19. The van der Waals surface area contributed by atoms with E-state index in [9.17, 15) is 0 Å². The van der Waals surface area contributed by atoms with E-state index in [4.69, 9.17) is 22.6 Å². The topological polar surface area (TPSA) is 67.1 Å². The minimum absolute atomic E-state index is 0.00430. The van der Waals surface area contributed by atoms with Gasteiger partial charge >= 0.3 is 0 Å². The molecule has 18 heavy (non-hydrogen) atoms. The maximum atomic E-state index is 9.13. The molecule has 0 aromatic carbocycles. The molecule has 0 spiro atoms. The molecule has 0 amide bonds. The van der Waals surface area contributed by atoms with Crippen molar-refractivity contribution >= 4 is 22.9 Å². The van der Waals surface area contributed by atoms with Gasteiger partial charge in [-0.05, 0) is 18.1 Å². The maximum absolute atomic E-state index is 9.13. The summed E-state index contributed by atoms with van der Waals surface area (Å²) in [6, 6.07) is 5.96. The van der Waals surface area contributed by atoms with E-state index in [-0.39, 0.29) is 16.6 Å². The van der Waals surface area contributed by atoms with Gasteiger partial charge in [0.25, 0.3) is 0 Å². The molecule has 1 unspecified atom stereocenters. The monoisotopic (exact) mass is 260 g/mol. The van der Waals surface area contributed by atoms with Gasteiger partial charge in [0.15, 0.2) is 5.82 Å². The minimum Gasteiger partial charge on any atom is -0.381 e. The molecule has 2 aromatic heterocycles. The summed E-state index contributed by atoms with van der Waals surface area (Å²) in [5, 5.41) is 13.4. The van der Waals surface area contributed by atoms with Crippen molar-refractivity contribution in [3.63, 3.8) is 0 Å². The summed E-state index contributed by atoms with van der Waals surface area (Å²) in [5.41, 5.74) is 9.07. The van der Waals surface area contributed by atoms with E-state index in [1.54, 1.807) is 4.52 Å². The molecule has 0 saturated heterocycles. The Hall–Kier alpha value is -1.73. The highest BCUT2D eigenvalue weighted by molar-refractivity contribution is 6.21. The van der Waals surface area contributed by atoms with Crippen LogP contribution >= 0.6 is 11.6 Å². The Morgan fingerprint density at radius 2 is 2.28 bits per heavy atom. The van der Waals surface area contributed by atoms with E-state index in [1.165, 1.54) is 0 Å². The Kier molecular flexibility index (Phi) is 2.14. The van der Waals surface area contributed by atoms with Crippen LogP contribution in [0.1, 0.15) is 42.5 Å². The normalized spacial score (nSPS) is 20.9. The first-order chi connectivity index (χ1) is 8.45. The second-order valence-corrected chi connectivity index (χ2v) is 5.89. The van der Waals surface area contributed by atoms with Crippen molar-refractivity contribution in [3.05, 3.63) is 29.0 Å². The van der Waals surface area contributed by atoms with Gasteiger partial charge in [0.2, 0.25) is 0 Å². The predicted octanol–water partition coefficient (Wildman–Crippen LogP) is 2.75. The van der Waals surface area contributed by atoms with E-state index in [0.717, 1.165) is 23.2 Å². The van der Waals surface area contributed by atoms with Gasteiger partial charge in [-0.2, -0.15) is 5.26 Å². The number of nitrogens with zero attached hydrogens (tertiary/aromatic N) is 3. The van der Waals surface area contributed by atoms with Crippen LogP contribution in [-0.4, -0.2) is 9.61 Å². The van der Waals surface area contributed by atoms with Crippen LogP contribution in [0, 0.1) is 11.3 Å². The van der Waals surface area contributed by atoms with Crippen molar-refractivity contribution in [2.75, 3.05) is 5.73 Å². The first-order valence-electron chi connectivity index (χ1n) is 5.81. The number of nitrogens with two attached hydrogens (primary N) is 1. The van der Waals surface area contributed by atoms with Crippen molar-refractivity contribution in [1.82, 2.24) is 9.61 Å². The van der Waals surface area contributed by atoms with Gasteiger partial charge in [-0.25, -0.2) is 4.52 Å². The number of aromatic nitrogens is 2. The molecule has 0 bridgehead atoms. The number of alkyl halides is 1. The standard InChI is InChI=1S/C13H13ClN4/c1-13(2)5-9(14)7-3-4-10-8(6-15)12(16)17-18(10)11(7)13/h3-4,9H,5H2,1-2H3,(H2,16,17). The average molecular weight is 261 g/mol. The second kappa shape index (κ2) is 3.39. The smallest absolute Gasteiger partial charge is 0.164 e. The highest BCUT2D eigenvalue weighted by atomic mass is 35.5. The number of hydrogen-bond donors (Lipinski definition) is 1. The van der Waals surface area contributed by atoms with Crippen LogP contribution in [0.15, 0.2) is 12.1 Å². The number of fused-ring (bicyclic) bond motifs is 3. The van der Waals surface area contributed by atoms with Crippen molar-refractivity contribution < 1.29 is 0 Å². The predicted molar refractivity (Wildman–Crippen MR) is 70.6 cm³/mol. The van der Waals surface area contributed by atoms with Gasteiger partial charge in [-0.1, -0.05) is 19.9 Å². The molecule has 0 fully saturated rings. The van der Waals surface area contributed by atoms with Crippen molar-refractivity contribution in [2.24, 2.45) is 0 Å². The second-order valence-electron chi connectivity index (χ2n) is 5.36. The Labute approximate surface area is 110 Å². The molecule has 0 radical (unpaired) electrons. The lowest BCUT2D eigenvalue weighted by Crippen LogP contribution is -2.17. The summed E-state index contributed by atoms with van der Waals surface area (Å²) in [5.74, 6) is 0.278. The van der Waals surface area contributed by atoms with E-state index in [2.05, 4.69) is 25.0 Å². The van der Waals surface area contributed by atoms with Crippen LogP contribution < -0.4 is 5.73 Å². The molecule has 5 heteroatoms. The number of hydrogen-bond acceptors (Lipinski definition) is 3. The Morgan fingerprint density at radius 1 is 1.56 bits per heavy atom. The van der Waals surface area contributed by atoms with Gasteiger partial charge in [-0.3, -0.25) is 0 Å². The molecule has 0 saturated carbocycles. The molecule has 1 aliphatic carbocycles. The van der Waals surface area contributed by atoms with Crippen LogP contribution in [0.2, 0.25) is 0 Å². The van der Waals surface area contributed by atoms with Gasteiger partial charge in [0.05, 0.1) is 16.6 Å². The van der Waals surface area contributed by atoms with E-state index in [0.29, 0.717) is 5.56 Å². The third kappa shape index (κ3) is 1.28. The van der Waals surface area contributed by atoms with E-state index in [1.807, 2.05) is 12.1 Å². The molecule has 1 atom stereocenters. The van der Waals surface area contributed by atoms with Crippen LogP contribution in [-0.2, 0) is 5.41 Å². The fraction of sp³-hybridized carbons (Fsp3) is 0.385. The molecular formula is C13H13ClN4. The van der Waals surface area contributed by atoms with Gasteiger partial charge in [0, 0.05) is 5.41 Å². The highest BCUT2D eigenvalue weighted by Crippen LogP contribution is 2.47. The summed E-state index contributed by atoms with van der Waals surface area (Å²) in [4.78, 5) is 0. The molecule has 92 valence electrons. The molecule has 0 aliphatic heterocycles. The molecule has 2 heterocycles. The van der Waals surface area contributed by atoms with Gasteiger partial charge < -0.3 is 5.73 Å². The lowest BCUT2D eigenvalue weighted by molar-refractivity contribution is 0.493. The number of anilines is 1. The molecule has 2 aromatic rings. The number of pyridine rings is 1. The third-order valence-corrected chi connectivity index (χ3v) is 4.02. The summed E-state index contributed by atoms with van der Waals surface area (Å²) in [6.07, 6.45) is 0.866. The molecule has 1 aliphatic rings. The minimum atomic E-state index is -0.0630. The average Bonchev–Trinajstić information content (AvgIpc) is 2.72. The molecule has 3 rings (SSSR count). The van der Waals surface area contributed by atoms with Crippen molar-refractivity contribution in [2.45, 2.75) is 31.1 Å². The van der Waals surface area contributed by atoms with Gasteiger partial charge in [0.1, 0.15) is 11.6 Å². The van der Waals surface area contributed by atoms with E-state index >= 15 is 0 Å². The number of halogens is 1. The summed E-state index contributed by atoms with van der Waals surface area (Å²) < 4.78 is 1.78. The zero-order chi connectivity index (χ0) is 13.1. The highest BCUT2D eigenvalue weighted by Gasteiger charge is 2.38. The zero-order valence-corrected chi connectivity index (χ0v) is 11.0. The van der Waals surface area contributed by atoms with E-state index < -0.39 is 0 Å². The Bertz CT molecular complexity index is 693. The largest absolute Gasteiger partial charge is 0.381 e. The number of nitriles is 1. The number of rotatable bonds is 0. The maximum Gasteiger partial charge on any atom is 0.164 e. The Balaban J connectivity index is 2.45. The SMILES string of the molecule is CC1(C)CC(Cl)c2ccc3c(C#N)c(N)nn3c21. The summed E-state index contributed by atoms with van der Waals surface area (Å²) in [6.45, 7) is 4.27. The van der Waals surface area contributed by atoms with Crippen molar-refractivity contribution in [1.29, 1.82) is 5.26 Å². The van der Waals surface area contributed by atoms with Crippen LogP contribution in [0.4, 0.5) is 5.82 Å². The lowest BCUT2D eigenvalue weighted by atomic mass is 9.90. The third-order valence-electron chi connectivity index (χ3n) is 3.63.